The van der Waals surface area contributed by atoms with Crippen molar-refractivity contribution in [3.8, 4) is 0 Å². The Kier molecular flexibility index (Phi) is 4.47. The summed E-state index contributed by atoms with van der Waals surface area (Å²) in [6.45, 7) is 6.07. The Morgan fingerprint density at radius 3 is 2.47 bits per heavy atom. The van der Waals surface area contributed by atoms with Crippen molar-refractivity contribution >= 4 is 5.78 Å². The number of hydrogen-bond acceptors (Lipinski definition) is 2. The monoisotopic (exact) mass is 233 g/mol. The summed E-state index contributed by atoms with van der Waals surface area (Å²) in [5.74, 6) is 0.181. The fourth-order valence-corrected chi connectivity index (χ4v) is 1.71. The van der Waals surface area contributed by atoms with Gasteiger partial charge in [0.15, 0.2) is 5.78 Å². The molecule has 1 aromatic rings. The number of benzene rings is 1. The van der Waals surface area contributed by atoms with Crippen molar-refractivity contribution in [2.45, 2.75) is 39.2 Å². The van der Waals surface area contributed by atoms with Gasteiger partial charge in [-0.2, -0.15) is 0 Å². The number of Topliss-reactive ketones (excluding diaryl/α,β-unsaturated/α-hetero) is 1. The second-order valence-corrected chi connectivity index (χ2v) is 5.23. The van der Waals surface area contributed by atoms with Crippen molar-refractivity contribution in [2.24, 2.45) is 0 Å². The summed E-state index contributed by atoms with van der Waals surface area (Å²) in [6, 6.07) is 8.00. The predicted octanol–water partition coefficient (Wildman–Crippen LogP) is 3.16. The molecule has 1 aromatic carbocycles. The number of likely N-dealkylation sites (N-methyl/N-ethyl adjacent to an activating group) is 1. The first kappa shape index (κ1) is 13.9. The molecule has 0 aromatic heterocycles. The van der Waals surface area contributed by atoms with Crippen LogP contribution in [-0.2, 0) is 6.42 Å². The van der Waals surface area contributed by atoms with Crippen molar-refractivity contribution in [2.75, 3.05) is 14.1 Å². The van der Waals surface area contributed by atoms with Crippen LogP contribution in [0.4, 0.5) is 0 Å². The van der Waals surface area contributed by atoms with Gasteiger partial charge >= 0.3 is 0 Å². The molecule has 2 heteroatoms. The third-order valence-corrected chi connectivity index (χ3v) is 3.40. The van der Waals surface area contributed by atoms with Gasteiger partial charge in [0.1, 0.15) is 0 Å². The summed E-state index contributed by atoms with van der Waals surface area (Å²) in [4.78, 5) is 14.4. The Hall–Kier alpha value is -1.15. The Morgan fingerprint density at radius 2 is 1.94 bits per heavy atom. The van der Waals surface area contributed by atoms with Crippen LogP contribution in [0.3, 0.4) is 0 Å². The normalized spacial score (nSPS) is 11.9. The van der Waals surface area contributed by atoms with E-state index in [0.29, 0.717) is 0 Å². The maximum absolute atomic E-state index is 12.4. The van der Waals surface area contributed by atoms with Gasteiger partial charge in [-0.15, -0.1) is 0 Å². The predicted molar refractivity (Wildman–Crippen MR) is 72.5 cm³/mol. The number of ketones is 1. The number of carbonyl (C=O) groups is 1. The highest BCUT2D eigenvalue weighted by atomic mass is 16.1. The molecule has 0 radical (unpaired) electrons. The van der Waals surface area contributed by atoms with E-state index in [-0.39, 0.29) is 5.78 Å². The highest BCUT2D eigenvalue weighted by Gasteiger charge is 2.30. The van der Waals surface area contributed by atoms with Gasteiger partial charge in [-0.3, -0.25) is 9.69 Å². The molecule has 0 N–H and O–H groups in total. The molecule has 0 saturated heterocycles. The SMILES string of the molecule is CCCc1cccc(C(=O)C(C)(C)N(C)C)c1. The highest BCUT2D eigenvalue weighted by Crippen LogP contribution is 2.19. The Balaban J connectivity index is 3.00. The van der Waals surface area contributed by atoms with Crippen LogP contribution in [-0.4, -0.2) is 30.3 Å². The topological polar surface area (TPSA) is 20.3 Å². The quantitative estimate of drug-likeness (QED) is 0.728. The fraction of sp³-hybridized carbons (Fsp3) is 0.533. The Labute approximate surface area is 105 Å². The standard InChI is InChI=1S/C15H23NO/c1-6-8-12-9-7-10-13(11-12)14(17)15(2,3)16(4)5/h7,9-11H,6,8H2,1-5H3. The van der Waals surface area contributed by atoms with E-state index in [9.17, 15) is 4.79 Å². The molecular weight excluding hydrogens is 210 g/mol. The lowest BCUT2D eigenvalue weighted by Crippen LogP contribution is -2.45. The molecule has 2 nitrogen and oxygen atoms in total. The molecule has 0 amide bonds. The number of hydrogen-bond donors (Lipinski definition) is 0. The fourth-order valence-electron chi connectivity index (χ4n) is 1.71. The summed E-state index contributed by atoms with van der Waals surface area (Å²) in [7, 11) is 3.88. The average molecular weight is 233 g/mol. The van der Waals surface area contributed by atoms with Gasteiger partial charge in [-0.1, -0.05) is 31.5 Å². The highest BCUT2D eigenvalue weighted by molar-refractivity contribution is 6.02. The summed E-state index contributed by atoms with van der Waals surface area (Å²) in [5, 5.41) is 0. The first-order valence-corrected chi connectivity index (χ1v) is 6.20. The van der Waals surface area contributed by atoms with Crippen molar-refractivity contribution < 1.29 is 4.79 Å². The van der Waals surface area contributed by atoms with Crippen molar-refractivity contribution in [1.29, 1.82) is 0 Å². The van der Waals surface area contributed by atoms with E-state index in [1.165, 1.54) is 5.56 Å². The van der Waals surface area contributed by atoms with Crippen LogP contribution in [0, 0.1) is 0 Å². The van der Waals surface area contributed by atoms with Crippen LogP contribution < -0.4 is 0 Å². The minimum Gasteiger partial charge on any atom is -0.297 e. The van der Waals surface area contributed by atoms with Crippen LogP contribution in [0.5, 0.6) is 0 Å². The third kappa shape index (κ3) is 3.16. The zero-order chi connectivity index (χ0) is 13.1. The number of rotatable bonds is 5. The van der Waals surface area contributed by atoms with E-state index in [0.717, 1.165) is 18.4 Å². The smallest absolute Gasteiger partial charge is 0.182 e. The van der Waals surface area contributed by atoms with E-state index >= 15 is 0 Å². The van der Waals surface area contributed by atoms with Crippen molar-refractivity contribution in [1.82, 2.24) is 4.90 Å². The summed E-state index contributed by atoms with van der Waals surface area (Å²) in [5.41, 5.74) is 1.60. The lowest BCUT2D eigenvalue weighted by atomic mass is 9.91. The number of carbonyl (C=O) groups excluding carboxylic acids is 1. The minimum atomic E-state index is -0.454. The van der Waals surface area contributed by atoms with E-state index in [1.54, 1.807) is 0 Å². The molecule has 0 bridgehead atoms. The van der Waals surface area contributed by atoms with Crippen molar-refractivity contribution in [3.63, 3.8) is 0 Å². The molecule has 94 valence electrons. The Morgan fingerprint density at radius 1 is 1.29 bits per heavy atom. The van der Waals surface area contributed by atoms with E-state index in [2.05, 4.69) is 13.0 Å². The molecule has 0 saturated carbocycles. The molecule has 0 fully saturated rings. The first-order chi connectivity index (χ1) is 7.89. The van der Waals surface area contributed by atoms with E-state index in [4.69, 9.17) is 0 Å². The molecule has 0 unspecified atom stereocenters. The molecule has 0 spiro atoms. The van der Waals surface area contributed by atoms with Gasteiger partial charge in [-0.25, -0.2) is 0 Å². The summed E-state index contributed by atoms with van der Waals surface area (Å²) < 4.78 is 0. The van der Waals surface area contributed by atoms with E-state index < -0.39 is 5.54 Å². The van der Waals surface area contributed by atoms with Crippen LogP contribution in [0.2, 0.25) is 0 Å². The molecule has 0 aliphatic carbocycles. The minimum absolute atomic E-state index is 0.181. The average Bonchev–Trinajstić information content (AvgIpc) is 2.28. The molecule has 0 aliphatic heterocycles. The van der Waals surface area contributed by atoms with E-state index in [1.807, 2.05) is 51.0 Å². The molecule has 0 aliphatic rings. The summed E-state index contributed by atoms with van der Waals surface area (Å²) in [6.07, 6.45) is 2.14. The zero-order valence-electron chi connectivity index (χ0n) is 11.6. The van der Waals surface area contributed by atoms with Gasteiger partial charge in [0.2, 0.25) is 0 Å². The maximum atomic E-state index is 12.4. The van der Waals surface area contributed by atoms with Crippen LogP contribution in [0.15, 0.2) is 24.3 Å². The molecule has 1 rings (SSSR count). The molecule has 0 heterocycles. The Bertz CT molecular complexity index is 394. The van der Waals surface area contributed by atoms with Crippen LogP contribution >= 0.6 is 0 Å². The second-order valence-electron chi connectivity index (χ2n) is 5.23. The third-order valence-electron chi connectivity index (χ3n) is 3.40. The molecule has 0 atom stereocenters. The number of nitrogens with zero attached hydrogens (tertiary/aromatic N) is 1. The first-order valence-electron chi connectivity index (χ1n) is 6.20. The zero-order valence-corrected chi connectivity index (χ0v) is 11.6. The van der Waals surface area contributed by atoms with Gasteiger partial charge in [0, 0.05) is 5.56 Å². The number of aryl methyl sites for hydroxylation is 1. The van der Waals surface area contributed by atoms with Gasteiger partial charge < -0.3 is 0 Å². The lowest BCUT2D eigenvalue weighted by molar-refractivity contribution is 0.0755. The van der Waals surface area contributed by atoms with Crippen LogP contribution in [0.1, 0.15) is 43.1 Å². The van der Waals surface area contributed by atoms with Crippen molar-refractivity contribution in [3.05, 3.63) is 35.4 Å². The van der Waals surface area contributed by atoms with Gasteiger partial charge in [0.05, 0.1) is 5.54 Å². The molecular formula is C15H23NO. The molecule has 17 heavy (non-hydrogen) atoms. The van der Waals surface area contributed by atoms with Gasteiger partial charge in [-0.05, 0) is 46.0 Å². The lowest BCUT2D eigenvalue weighted by Gasteiger charge is -2.31. The van der Waals surface area contributed by atoms with Crippen LogP contribution in [0.25, 0.3) is 0 Å². The second kappa shape index (κ2) is 5.46. The maximum Gasteiger partial charge on any atom is 0.182 e. The largest absolute Gasteiger partial charge is 0.297 e. The summed E-state index contributed by atoms with van der Waals surface area (Å²) >= 11 is 0. The van der Waals surface area contributed by atoms with Gasteiger partial charge in [0.25, 0.3) is 0 Å².